The number of esters is 1. The van der Waals surface area contributed by atoms with Gasteiger partial charge in [-0.1, -0.05) is 6.07 Å². The average Bonchev–Trinajstić information content (AvgIpc) is 3.24. The van der Waals surface area contributed by atoms with E-state index in [1.54, 1.807) is 36.5 Å². The Bertz CT molecular complexity index is 1300. The first kappa shape index (κ1) is 23.5. The summed E-state index contributed by atoms with van der Waals surface area (Å²) in [5.74, 6) is 0.198. The normalized spacial score (nSPS) is 11.8. The van der Waals surface area contributed by atoms with Crippen molar-refractivity contribution < 1.29 is 23.1 Å². The molecule has 0 aliphatic heterocycles. The standard InChI is InChI=1S/C26H23FN2O4S/c1-15-5-12-22(28-14-15)34-26-23(29-24(33-26)18-6-8-19(27)9-7-18)17(3)32-20-10-11-21(16(2)13-20)25(30)31-4/h5-14,17H,1-4H3. The van der Waals surface area contributed by atoms with Crippen LogP contribution in [0.15, 0.2) is 75.3 Å². The van der Waals surface area contributed by atoms with E-state index in [0.717, 1.165) is 16.2 Å². The zero-order chi connectivity index (χ0) is 24.2. The van der Waals surface area contributed by atoms with E-state index in [-0.39, 0.29) is 5.82 Å². The first-order chi connectivity index (χ1) is 16.3. The Morgan fingerprint density at radius 2 is 1.85 bits per heavy atom. The van der Waals surface area contributed by atoms with Crippen molar-refractivity contribution in [2.24, 2.45) is 0 Å². The number of carbonyl (C=O) groups excluding carboxylic acids is 1. The summed E-state index contributed by atoms with van der Waals surface area (Å²) in [7, 11) is 1.35. The number of benzene rings is 2. The molecule has 4 aromatic rings. The summed E-state index contributed by atoms with van der Waals surface area (Å²) < 4.78 is 30.4. The topological polar surface area (TPSA) is 74.5 Å². The maximum absolute atomic E-state index is 13.4. The number of aryl methyl sites for hydroxylation is 2. The van der Waals surface area contributed by atoms with Crippen LogP contribution < -0.4 is 4.74 Å². The Morgan fingerprint density at radius 3 is 2.50 bits per heavy atom. The molecule has 2 aromatic heterocycles. The van der Waals surface area contributed by atoms with Crippen molar-refractivity contribution in [1.29, 1.82) is 0 Å². The maximum atomic E-state index is 13.4. The highest BCUT2D eigenvalue weighted by Gasteiger charge is 2.23. The van der Waals surface area contributed by atoms with E-state index < -0.39 is 12.1 Å². The van der Waals surface area contributed by atoms with Crippen LogP contribution in [0.5, 0.6) is 5.75 Å². The lowest BCUT2D eigenvalue weighted by Crippen LogP contribution is -2.07. The fourth-order valence-corrected chi connectivity index (χ4v) is 4.15. The summed E-state index contributed by atoms with van der Waals surface area (Å²) in [5.41, 5.74) is 3.50. The van der Waals surface area contributed by atoms with Crippen LogP contribution in [0.2, 0.25) is 0 Å². The number of oxazole rings is 1. The van der Waals surface area contributed by atoms with Gasteiger partial charge < -0.3 is 13.9 Å². The number of rotatable bonds is 7. The number of hydrogen-bond acceptors (Lipinski definition) is 7. The van der Waals surface area contributed by atoms with E-state index in [0.29, 0.717) is 33.6 Å². The van der Waals surface area contributed by atoms with Gasteiger partial charge in [0.05, 0.1) is 12.7 Å². The molecular weight excluding hydrogens is 455 g/mol. The fourth-order valence-electron chi connectivity index (χ4n) is 3.28. The summed E-state index contributed by atoms with van der Waals surface area (Å²) >= 11 is 1.34. The third-order valence-corrected chi connectivity index (χ3v) is 6.02. The molecule has 0 radical (unpaired) electrons. The zero-order valence-corrected chi connectivity index (χ0v) is 20.0. The van der Waals surface area contributed by atoms with Crippen molar-refractivity contribution >= 4 is 17.7 Å². The molecular formula is C26H23FN2O4S. The van der Waals surface area contributed by atoms with Crippen LogP contribution in [0.25, 0.3) is 11.5 Å². The first-order valence-electron chi connectivity index (χ1n) is 10.6. The minimum absolute atomic E-state index is 0.337. The molecule has 0 N–H and O–H groups in total. The summed E-state index contributed by atoms with van der Waals surface area (Å²) in [4.78, 5) is 21.0. The zero-order valence-electron chi connectivity index (χ0n) is 19.2. The quantitative estimate of drug-likeness (QED) is 0.278. The van der Waals surface area contributed by atoms with Gasteiger partial charge in [-0.3, -0.25) is 0 Å². The number of pyridine rings is 1. The molecule has 0 aliphatic carbocycles. The van der Waals surface area contributed by atoms with Crippen LogP contribution in [0.1, 0.15) is 40.2 Å². The van der Waals surface area contributed by atoms with Crippen molar-refractivity contribution in [3.63, 3.8) is 0 Å². The Hall–Kier alpha value is -3.65. The van der Waals surface area contributed by atoms with Gasteiger partial charge in [0, 0.05) is 11.8 Å². The molecule has 0 aliphatic rings. The van der Waals surface area contributed by atoms with E-state index >= 15 is 0 Å². The molecule has 1 atom stereocenters. The molecule has 34 heavy (non-hydrogen) atoms. The number of halogens is 1. The second-order valence-electron chi connectivity index (χ2n) is 7.70. The predicted molar refractivity (Wildman–Crippen MR) is 127 cm³/mol. The highest BCUT2D eigenvalue weighted by atomic mass is 32.2. The van der Waals surface area contributed by atoms with Gasteiger partial charge in [-0.15, -0.1) is 0 Å². The number of ether oxygens (including phenoxy) is 2. The lowest BCUT2D eigenvalue weighted by atomic mass is 10.1. The number of carbonyl (C=O) groups is 1. The largest absolute Gasteiger partial charge is 0.484 e. The van der Waals surface area contributed by atoms with Crippen LogP contribution in [0, 0.1) is 19.7 Å². The predicted octanol–water partition coefficient (Wildman–Crippen LogP) is 6.57. The second kappa shape index (κ2) is 10.1. The van der Waals surface area contributed by atoms with Gasteiger partial charge in [-0.05, 0) is 92.2 Å². The van der Waals surface area contributed by atoms with E-state index in [4.69, 9.17) is 13.9 Å². The molecule has 1 unspecified atom stereocenters. The van der Waals surface area contributed by atoms with Crippen molar-refractivity contribution in [2.75, 3.05) is 7.11 Å². The monoisotopic (exact) mass is 478 g/mol. The minimum atomic E-state index is -0.478. The third-order valence-electron chi connectivity index (χ3n) is 5.09. The smallest absolute Gasteiger partial charge is 0.338 e. The van der Waals surface area contributed by atoms with E-state index in [9.17, 15) is 9.18 Å². The van der Waals surface area contributed by atoms with Crippen LogP contribution in [0.3, 0.4) is 0 Å². The molecule has 2 heterocycles. The Labute approximate surface area is 201 Å². The molecule has 2 aromatic carbocycles. The molecule has 0 fully saturated rings. The summed E-state index contributed by atoms with van der Waals surface area (Å²) in [6.45, 7) is 5.65. The number of aromatic nitrogens is 2. The average molecular weight is 479 g/mol. The number of methoxy groups -OCH3 is 1. The van der Waals surface area contributed by atoms with Crippen molar-refractivity contribution in [3.8, 4) is 17.2 Å². The third kappa shape index (κ3) is 5.28. The van der Waals surface area contributed by atoms with E-state index in [1.807, 2.05) is 32.9 Å². The molecule has 8 heteroatoms. The summed E-state index contributed by atoms with van der Waals surface area (Å²) in [5, 5.41) is 1.28. The van der Waals surface area contributed by atoms with E-state index in [1.165, 1.54) is 31.0 Å². The van der Waals surface area contributed by atoms with Crippen molar-refractivity contribution in [1.82, 2.24) is 9.97 Å². The molecule has 0 saturated heterocycles. The SMILES string of the molecule is COC(=O)c1ccc(OC(C)c2nc(-c3ccc(F)cc3)oc2Sc2ccc(C)cn2)cc1C. The van der Waals surface area contributed by atoms with Crippen LogP contribution in [-0.4, -0.2) is 23.0 Å². The highest BCUT2D eigenvalue weighted by molar-refractivity contribution is 7.99. The Kier molecular flexibility index (Phi) is 6.98. The summed E-state index contributed by atoms with van der Waals surface area (Å²) in [6, 6.07) is 15.0. The first-order valence-corrected chi connectivity index (χ1v) is 11.4. The molecule has 0 saturated carbocycles. The van der Waals surface area contributed by atoms with Crippen LogP contribution in [-0.2, 0) is 4.74 Å². The van der Waals surface area contributed by atoms with Crippen LogP contribution in [0.4, 0.5) is 4.39 Å². The van der Waals surface area contributed by atoms with Gasteiger partial charge in [0.25, 0.3) is 0 Å². The molecule has 0 spiro atoms. The van der Waals surface area contributed by atoms with Gasteiger partial charge in [-0.2, -0.15) is 0 Å². The van der Waals surface area contributed by atoms with Gasteiger partial charge in [0.2, 0.25) is 5.89 Å². The minimum Gasteiger partial charge on any atom is -0.484 e. The van der Waals surface area contributed by atoms with Gasteiger partial charge in [0.15, 0.2) is 5.09 Å². The van der Waals surface area contributed by atoms with Gasteiger partial charge >= 0.3 is 5.97 Å². The van der Waals surface area contributed by atoms with E-state index in [2.05, 4.69) is 9.97 Å². The Morgan fingerprint density at radius 1 is 1.09 bits per heavy atom. The molecule has 0 amide bonds. The number of hydrogen-bond donors (Lipinski definition) is 0. The second-order valence-corrected chi connectivity index (χ2v) is 8.70. The number of nitrogens with zero attached hydrogens (tertiary/aromatic N) is 2. The molecule has 174 valence electrons. The summed E-state index contributed by atoms with van der Waals surface area (Å²) in [6.07, 6.45) is 1.31. The van der Waals surface area contributed by atoms with Crippen LogP contribution >= 0.6 is 11.8 Å². The highest BCUT2D eigenvalue weighted by Crippen LogP contribution is 2.37. The molecule has 0 bridgehead atoms. The van der Waals surface area contributed by atoms with Crippen molar-refractivity contribution in [2.45, 2.75) is 37.0 Å². The Balaban J connectivity index is 1.65. The fraction of sp³-hybridized carbons (Fsp3) is 0.192. The maximum Gasteiger partial charge on any atom is 0.338 e. The van der Waals surface area contributed by atoms with Gasteiger partial charge in [-0.25, -0.2) is 19.2 Å². The lowest BCUT2D eigenvalue weighted by molar-refractivity contribution is 0.0600. The van der Waals surface area contributed by atoms with Crippen molar-refractivity contribution in [3.05, 3.63) is 89.0 Å². The molecule has 6 nitrogen and oxygen atoms in total. The lowest BCUT2D eigenvalue weighted by Gasteiger charge is -2.15. The molecule has 4 rings (SSSR count). The van der Waals surface area contributed by atoms with Gasteiger partial charge in [0.1, 0.15) is 28.4 Å².